The molecule has 2 rings (SSSR count). The Bertz CT molecular complexity index is 633. The third-order valence-corrected chi connectivity index (χ3v) is 2.48. The molecule has 4 nitrogen and oxygen atoms in total. The summed E-state index contributed by atoms with van der Waals surface area (Å²) in [6, 6.07) is 10.4. The third-order valence-electron chi connectivity index (χ3n) is 2.48. The first kappa shape index (κ1) is 11.8. The van der Waals surface area contributed by atoms with Crippen LogP contribution in [0.25, 0.3) is 16.1 Å². The molecule has 0 bridgehead atoms. The molecule has 0 saturated carbocycles. The van der Waals surface area contributed by atoms with Gasteiger partial charge < -0.3 is 5.11 Å². The van der Waals surface area contributed by atoms with E-state index in [0.29, 0.717) is 22.5 Å². The molecule has 2 aromatic rings. The molecule has 0 amide bonds. The normalized spacial score (nSPS) is 9.50. The Hall–Kier alpha value is -2.69. The van der Waals surface area contributed by atoms with E-state index in [1.807, 2.05) is 6.07 Å². The summed E-state index contributed by atoms with van der Waals surface area (Å²) in [4.78, 5) is 7.51. The minimum Gasteiger partial charge on any atom is -0.392 e. The zero-order valence-corrected chi connectivity index (χ0v) is 9.46. The molecule has 4 heteroatoms. The summed E-state index contributed by atoms with van der Waals surface area (Å²) in [5.41, 5.74) is 2.92. The van der Waals surface area contributed by atoms with E-state index in [9.17, 15) is 0 Å². The molecular formula is C14H9N3O. The molecule has 86 valence electrons. The summed E-state index contributed by atoms with van der Waals surface area (Å²) in [7, 11) is 0. The lowest BCUT2D eigenvalue weighted by molar-refractivity contribution is 0.282. The molecular weight excluding hydrogens is 226 g/mol. The van der Waals surface area contributed by atoms with Crippen molar-refractivity contribution >= 4 is 5.69 Å². The molecule has 1 N–H and O–H groups in total. The summed E-state index contributed by atoms with van der Waals surface area (Å²) in [5.74, 6) is 0. The minimum atomic E-state index is -0.0663. The van der Waals surface area contributed by atoms with Gasteiger partial charge in [0.15, 0.2) is 5.69 Å². The van der Waals surface area contributed by atoms with Gasteiger partial charge in [0, 0.05) is 11.8 Å². The van der Waals surface area contributed by atoms with Gasteiger partial charge in [-0.1, -0.05) is 0 Å². The fraction of sp³-hybridized carbons (Fsp3) is 0.0714. The van der Waals surface area contributed by atoms with Crippen molar-refractivity contribution < 1.29 is 5.11 Å². The molecule has 0 radical (unpaired) electrons. The number of aliphatic hydroxyl groups is 1. The molecule has 1 heterocycles. The van der Waals surface area contributed by atoms with E-state index in [-0.39, 0.29) is 6.61 Å². The van der Waals surface area contributed by atoms with E-state index < -0.39 is 0 Å². The van der Waals surface area contributed by atoms with E-state index in [1.54, 1.807) is 30.5 Å². The molecule has 0 atom stereocenters. The van der Waals surface area contributed by atoms with Crippen molar-refractivity contribution in [3.63, 3.8) is 0 Å². The van der Waals surface area contributed by atoms with Gasteiger partial charge >= 0.3 is 0 Å². The number of hydrogen-bond acceptors (Lipinski definition) is 3. The van der Waals surface area contributed by atoms with Crippen molar-refractivity contribution in [2.24, 2.45) is 0 Å². The maximum Gasteiger partial charge on any atom is 0.189 e. The van der Waals surface area contributed by atoms with Crippen molar-refractivity contribution in [1.29, 1.82) is 5.26 Å². The highest BCUT2D eigenvalue weighted by atomic mass is 16.3. The Kier molecular flexibility index (Phi) is 3.33. The van der Waals surface area contributed by atoms with Gasteiger partial charge in [-0.25, -0.2) is 4.85 Å². The lowest BCUT2D eigenvalue weighted by atomic mass is 10.1. The molecule has 0 aliphatic rings. The van der Waals surface area contributed by atoms with Gasteiger partial charge in [0.2, 0.25) is 0 Å². The number of benzene rings is 1. The first-order valence-electron chi connectivity index (χ1n) is 5.25. The number of aliphatic hydroxyl groups excluding tert-OH is 1. The summed E-state index contributed by atoms with van der Waals surface area (Å²) in [5, 5.41) is 18.0. The lowest BCUT2D eigenvalue weighted by Gasteiger charge is -2.04. The van der Waals surface area contributed by atoms with Gasteiger partial charge in [-0.3, -0.25) is 4.98 Å². The molecule has 0 unspecified atom stereocenters. The quantitative estimate of drug-likeness (QED) is 0.814. The Morgan fingerprint density at radius 1 is 1.33 bits per heavy atom. The molecule has 0 spiro atoms. The second kappa shape index (κ2) is 5.09. The van der Waals surface area contributed by atoms with Crippen LogP contribution in [0.15, 0.2) is 36.5 Å². The largest absolute Gasteiger partial charge is 0.392 e. The first-order valence-corrected chi connectivity index (χ1v) is 5.25. The van der Waals surface area contributed by atoms with Crippen molar-refractivity contribution in [2.75, 3.05) is 0 Å². The van der Waals surface area contributed by atoms with E-state index in [2.05, 4.69) is 9.83 Å². The highest BCUT2D eigenvalue weighted by Gasteiger charge is 2.05. The van der Waals surface area contributed by atoms with Gasteiger partial charge in [0.05, 0.1) is 24.9 Å². The maximum absolute atomic E-state index is 9.08. The van der Waals surface area contributed by atoms with E-state index in [4.69, 9.17) is 16.9 Å². The molecule has 0 saturated heterocycles. The summed E-state index contributed by atoms with van der Waals surface area (Å²) < 4.78 is 0. The first-order chi connectivity index (χ1) is 8.76. The summed E-state index contributed by atoms with van der Waals surface area (Å²) in [6.07, 6.45) is 1.59. The monoisotopic (exact) mass is 235 g/mol. The van der Waals surface area contributed by atoms with Crippen LogP contribution < -0.4 is 0 Å². The number of nitrogens with zero attached hydrogens (tertiary/aromatic N) is 3. The number of aromatic nitrogens is 1. The molecule has 0 aliphatic heterocycles. The third kappa shape index (κ3) is 2.35. The number of nitriles is 1. The van der Waals surface area contributed by atoms with Crippen LogP contribution >= 0.6 is 0 Å². The summed E-state index contributed by atoms with van der Waals surface area (Å²) >= 11 is 0. The Balaban J connectivity index is 2.57. The predicted octanol–water partition coefficient (Wildman–Crippen LogP) is 2.66. The van der Waals surface area contributed by atoms with Crippen molar-refractivity contribution in [3.05, 3.63) is 59.1 Å². The van der Waals surface area contributed by atoms with Crippen LogP contribution in [-0.2, 0) is 6.61 Å². The van der Waals surface area contributed by atoms with Crippen LogP contribution in [0.3, 0.4) is 0 Å². The van der Waals surface area contributed by atoms with Crippen LogP contribution in [0, 0.1) is 17.9 Å². The highest BCUT2D eigenvalue weighted by Crippen LogP contribution is 2.25. The molecule has 1 aromatic carbocycles. The fourth-order valence-electron chi connectivity index (χ4n) is 1.62. The van der Waals surface area contributed by atoms with Gasteiger partial charge in [0.1, 0.15) is 0 Å². The van der Waals surface area contributed by atoms with E-state index in [1.165, 1.54) is 6.07 Å². The van der Waals surface area contributed by atoms with Crippen LogP contribution in [0.5, 0.6) is 0 Å². The smallest absolute Gasteiger partial charge is 0.189 e. The summed E-state index contributed by atoms with van der Waals surface area (Å²) in [6.45, 7) is 6.94. The zero-order chi connectivity index (χ0) is 13.0. The van der Waals surface area contributed by atoms with Crippen LogP contribution in [-0.4, -0.2) is 10.1 Å². The average molecular weight is 235 g/mol. The number of rotatable bonds is 2. The van der Waals surface area contributed by atoms with E-state index >= 15 is 0 Å². The molecule has 18 heavy (non-hydrogen) atoms. The molecule has 0 fully saturated rings. The topological polar surface area (TPSA) is 61.3 Å². The van der Waals surface area contributed by atoms with Crippen LogP contribution in [0.4, 0.5) is 5.69 Å². The standard InChI is InChI=1S/C14H9N3O/c1-16-13-5-11(8-15)4-12(7-13)14-6-10(9-18)2-3-17-14/h2-7,18H,9H2. The number of pyridine rings is 1. The second-order valence-corrected chi connectivity index (χ2v) is 3.70. The molecule has 0 aliphatic carbocycles. The predicted molar refractivity (Wildman–Crippen MR) is 66.6 cm³/mol. The van der Waals surface area contributed by atoms with Gasteiger partial charge in [-0.05, 0) is 41.5 Å². The van der Waals surface area contributed by atoms with Crippen molar-refractivity contribution in [3.8, 4) is 17.3 Å². The second-order valence-electron chi connectivity index (χ2n) is 3.70. The van der Waals surface area contributed by atoms with Gasteiger partial charge in [0.25, 0.3) is 0 Å². The van der Waals surface area contributed by atoms with E-state index in [0.717, 1.165) is 5.56 Å². The average Bonchev–Trinajstić information content (AvgIpc) is 2.46. The number of hydrogen-bond donors (Lipinski definition) is 1. The highest BCUT2D eigenvalue weighted by molar-refractivity contribution is 5.68. The van der Waals surface area contributed by atoms with Crippen molar-refractivity contribution in [1.82, 2.24) is 4.98 Å². The van der Waals surface area contributed by atoms with Crippen molar-refractivity contribution in [2.45, 2.75) is 6.61 Å². The SMILES string of the molecule is [C-]#[N+]c1cc(C#N)cc(-c2cc(CO)ccn2)c1. The van der Waals surface area contributed by atoms with Crippen LogP contribution in [0.2, 0.25) is 0 Å². The molecule has 1 aromatic heterocycles. The Morgan fingerprint density at radius 2 is 2.17 bits per heavy atom. The fourth-order valence-corrected chi connectivity index (χ4v) is 1.62. The Morgan fingerprint density at radius 3 is 2.83 bits per heavy atom. The lowest BCUT2D eigenvalue weighted by Crippen LogP contribution is -1.88. The van der Waals surface area contributed by atoms with Gasteiger partial charge in [-0.15, -0.1) is 0 Å². The maximum atomic E-state index is 9.08. The van der Waals surface area contributed by atoms with Crippen LogP contribution in [0.1, 0.15) is 11.1 Å². The zero-order valence-electron chi connectivity index (χ0n) is 9.46. The minimum absolute atomic E-state index is 0.0663. The van der Waals surface area contributed by atoms with Gasteiger partial charge in [-0.2, -0.15) is 5.26 Å². The Labute approximate surface area is 105 Å².